The van der Waals surface area contributed by atoms with E-state index in [1.54, 1.807) is 12.1 Å². The number of hydrogen-bond donors (Lipinski definition) is 3. The average Bonchev–Trinajstić information content (AvgIpc) is 2.51. The Labute approximate surface area is 133 Å². The molecule has 0 fully saturated rings. The van der Waals surface area contributed by atoms with Gasteiger partial charge in [0.1, 0.15) is 12.6 Å². The number of benzene rings is 1. The molecule has 0 spiro atoms. The van der Waals surface area contributed by atoms with Crippen LogP contribution in [0.2, 0.25) is 0 Å². The average molecular weight is 324 g/mol. The maximum Gasteiger partial charge on any atom is 0.335 e. The van der Waals surface area contributed by atoms with Crippen LogP contribution in [-0.2, 0) is 25.5 Å². The molecule has 1 aromatic carbocycles. The fraction of sp³-hybridized carbons (Fsp3) is 0.400. The molecule has 0 aliphatic rings. The molecule has 1 atom stereocenters. The van der Waals surface area contributed by atoms with E-state index in [9.17, 15) is 14.4 Å². The van der Waals surface area contributed by atoms with Crippen molar-refractivity contribution in [3.63, 3.8) is 0 Å². The molecule has 2 amide bonds. The number of carboxylic acids is 1. The maximum absolute atomic E-state index is 11.7. The second-order valence-electron chi connectivity index (χ2n) is 4.77. The topological polar surface area (TPSA) is 128 Å². The summed E-state index contributed by atoms with van der Waals surface area (Å²) in [5.74, 6) is -2.19. The first-order valence-electron chi connectivity index (χ1n) is 6.91. The van der Waals surface area contributed by atoms with Gasteiger partial charge in [0.2, 0.25) is 11.8 Å². The SMILES string of the molecule is COCCOCC(=O)N[C@@H](Cc1ccc(C(=O)O)cc1)C(N)=O. The molecule has 23 heavy (non-hydrogen) atoms. The van der Waals surface area contributed by atoms with Gasteiger partial charge in [-0.3, -0.25) is 9.59 Å². The molecule has 0 aliphatic carbocycles. The van der Waals surface area contributed by atoms with Gasteiger partial charge in [-0.2, -0.15) is 0 Å². The van der Waals surface area contributed by atoms with Crippen LogP contribution >= 0.6 is 0 Å². The summed E-state index contributed by atoms with van der Waals surface area (Å²) in [4.78, 5) is 33.9. The van der Waals surface area contributed by atoms with Crippen molar-refractivity contribution in [1.29, 1.82) is 0 Å². The lowest BCUT2D eigenvalue weighted by Gasteiger charge is -2.15. The van der Waals surface area contributed by atoms with Crippen molar-refractivity contribution in [1.82, 2.24) is 5.32 Å². The fourth-order valence-corrected chi connectivity index (χ4v) is 1.78. The van der Waals surface area contributed by atoms with Crippen LogP contribution in [0.1, 0.15) is 15.9 Å². The van der Waals surface area contributed by atoms with Crippen LogP contribution < -0.4 is 11.1 Å². The Kier molecular flexibility index (Phi) is 7.72. The minimum absolute atomic E-state index is 0.139. The molecule has 0 unspecified atom stereocenters. The highest BCUT2D eigenvalue weighted by Gasteiger charge is 2.18. The summed E-state index contributed by atoms with van der Waals surface area (Å²) in [5, 5.41) is 11.3. The van der Waals surface area contributed by atoms with E-state index in [1.165, 1.54) is 19.2 Å². The van der Waals surface area contributed by atoms with Gasteiger partial charge in [-0.1, -0.05) is 12.1 Å². The number of nitrogens with one attached hydrogen (secondary N) is 1. The summed E-state index contributed by atoms with van der Waals surface area (Å²) in [6.45, 7) is 0.426. The van der Waals surface area contributed by atoms with E-state index in [0.717, 1.165) is 0 Å². The Balaban J connectivity index is 2.56. The number of amides is 2. The monoisotopic (exact) mass is 324 g/mol. The summed E-state index contributed by atoms with van der Waals surface area (Å²) < 4.78 is 9.83. The van der Waals surface area contributed by atoms with Gasteiger partial charge in [0.25, 0.3) is 0 Å². The lowest BCUT2D eigenvalue weighted by molar-refractivity contribution is -0.130. The van der Waals surface area contributed by atoms with Crippen LogP contribution in [0, 0.1) is 0 Å². The molecule has 0 aliphatic heterocycles. The van der Waals surface area contributed by atoms with Gasteiger partial charge in [0, 0.05) is 13.5 Å². The van der Waals surface area contributed by atoms with Gasteiger partial charge < -0.3 is 25.6 Å². The van der Waals surface area contributed by atoms with Gasteiger partial charge in [0.05, 0.1) is 18.8 Å². The predicted molar refractivity (Wildman–Crippen MR) is 80.9 cm³/mol. The van der Waals surface area contributed by atoms with Gasteiger partial charge in [-0.25, -0.2) is 4.79 Å². The number of aromatic carboxylic acids is 1. The van der Waals surface area contributed by atoms with E-state index in [-0.39, 0.29) is 25.2 Å². The lowest BCUT2D eigenvalue weighted by atomic mass is 10.0. The quantitative estimate of drug-likeness (QED) is 0.501. The Morgan fingerprint density at radius 1 is 1.22 bits per heavy atom. The van der Waals surface area contributed by atoms with Crippen LogP contribution in [0.25, 0.3) is 0 Å². The van der Waals surface area contributed by atoms with Gasteiger partial charge >= 0.3 is 5.97 Å². The number of hydrogen-bond acceptors (Lipinski definition) is 5. The fourth-order valence-electron chi connectivity index (χ4n) is 1.78. The molecular weight excluding hydrogens is 304 g/mol. The van der Waals surface area contributed by atoms with Crippen LogP contribution in [0.3, 0.4) is 0 Å². The molecule has 0 heterocycles. The van der Waals surface area contributed by atoms with Crippen LogP contribution in [0.15, 0.2) is 24.3 Å². The molecule has 1 rings (SSSR count). The van der Waals surface area contributed by atoms with Crippen LogP contribution in [0.5, 0.6) is 0 Å². The van der Waals surface area contributed by atoms with E-state index >= 15 is 0 Å². The minimum Gasteiger partial charge on any atom is -0.478 e. The Morgan fingerprint density at radius 2 is 1.87 bits per heavy atom. The minimum atomic E-state index is -1.04. The molecule has 8 nitrogen and oxygen atoms in total. The van der Waals surface area contributed by atoms with E-state index in [4.69, 9.17) is 20.3 Å². The van der Waals surface area contributed by atoms with Gasteiger partial charge in [-0.15, -0.1) is 0 Å². The van der Waals surface area contributed by atoms with Crippen molar-refractivity contribution >= 4 is 17.8 Å². The normalized spacial score (nSPS) is 11.7. The smallest absolute Gasteiger partial charge is 0.335 e. The number of carbonyl (C=O) groups excluding carboxylic acids is 2. The molecular formula is C15H20N2O6. The van der Waals surface area contributed by atoms with Crippen molar-refractivity contribution in [2.24, 2.45) is 5.73 Å². The van der Waals surface area contributed by atoms with E-state index < -0.39 is 23.8 Å². The lowest BCUT2D eigenvalue weighted by Crippen LogP contribution is -2.47. The Hall–Kier alpha value is -2.45. The second kappa shape index (κ2) is 9.54. The molecule has 0 bridgehead atoms. The third kappa shape index (κ3) is 6.90. The third-order valence-electron chi connectivity index (χ3n) is 2.98. The number of primary amides is 1. The highest BCUT2D eigenvalue weighted by Crippen LogP contribution is 2.07. The third-order valence-corrected chi connectivity index (χ3v) is 2.98. The Bertz CT molecular complexity index is 543. The molecule has 8 heteroatoms. The molecule has 4 N–H and O–H groups in total. The second-order valence-corrected chi connectivity index (χ2v) is 4.77. The molecule has 1 aromatic rings. The number of rotatable bonds is 10. The highest BCUT2D eigenvalue weighted by molar-refractivity contribution is 5.88. The van der Waals surface area contributed by atoms with Crippen LogP contribution in [-0.4, -0.2) is 55.9 Å². The summed E-state index contributed by atoms with van der Waals surface area (Å²) in [6, 6.07) is 5.09. The zero-order valence-electron chi connectivity index (χ0n) is 12.8. The molecule has 0 saturated heterocycles. The summed E-state index contributed by atoms with van der Waals surface area (Å²) in [5.41, 5.74) is 6.10. The molecule has 0 aromatic heterocycles. The summed E-state index contributed by atoms with van der Waals surface area (Å²) in [7, 11) is 1.52. The number of methoxy groups -OCH3 is 1. The van der Waals surface area contributed by atoms with Gasteiger partial charge in [0.15, 0.2) is 0 Å². The Morgan fingerprint density at radius 3 is 2.39 bits per heavy atom. The number of carbonyl (C=O) groups is 3. The first-order chi connectivity index (χ1) is 10.9. The van der Waals surface area contributed by atoms with E-state index in [0.29, 0.717) is 12.2 Å². The van der Waals surface area contributed by atoms with Crippen molar-refractivity contribution < 1.29 is 29.0 Å². The predicted octanol–water partition coefficient (Wildman–Crippen LogP) is -0.440. The van der Waals surface area contributed by atoms with Crippen molar-refractivity contribution in [3.8, 4) is 0 Å². The van der Waals surface area contributed by atoms with Crippen molar-refractivity contribution in [3.05, 3.63) is 35.4 Å². The molecule has 126 valence electrons. The highest BCUT2D eigenvalue weighted by atomic mass is 16.5. The van der Waals surface area contributed by atoms with Crippen LogP contribution in [0.4, 0.5) is 0 Å². The van der Waals surface area contributed by atoms with E-state index in [2.05, 4.69) is 5.32 Å². The van der Waals surface area contributed by atoms with Crippen molar-refractivity contribution in [2.75, 3.05) is 26.9 Å². The molecule has 0 radical (unpaired) electrons. The van der Waals surface area contributed by atoms with Crippen molar-refractivity contribution in [2.45, 2.75) is 12.5 Å². The summed E-state index contributed by atoms with van der Waals surface area (Å²) in [6.07, 6.45) is 0.166. The molecule has 0 saturated carbocycles. The zero-order chi connectivity index (χ0) is 17.2. The number of carboxylic acid groups (broad SMARTS) is 1. The maximum atomic E-state index is 11.7. The summed E-state index contributed by atoms with van der Waals surface area (Å²) >= 11 is 0. The first kappa shape index (κ1) is 18.6. The first-order valence-corrected chi connectivity index (χ1v) is 6.91. The number of ether oxygens (including phenoxy) is 2. The van der Waals surface area contributed by atoms with E-state index in [1.807, 2.05) is 0 Å². The number of nitrogens with two attached hydrogens (primary N) is 1. The standard InChI is InChI=1S/C15H20N2O6/c1-22-6-7-23-9-13(18)17-12(14(16)19)8-10-2-4-11(5-3-10)15(20)21/h2-5,12H,6-9H2,1H3,(H2,16,19)(H,17,18)(H,20,21)/t12-/m0/s1. The zero-order valence-corrected chi connectivity index (χ0v) is 12.8. The van der Waals surface area contributed by atoms with Gasteiger partial charge in [-0.05, 0) is 17.7 Å². The largest absolute Gasteiger partial charge is 0.478 e.